The average Bonchev–Trinajstić information content (AvgIpc) is 3.00. The Hall–Kier alpha value is 0.249. The molecule has 2 aromatic carbocycles. The predicted octanol–water partition coefficient (Wildman–Crippen LogP) is 0.373. The fourth-order valence-corrected chi connectivity index (χ4v) is 4.27. The topological polar surface area (TPSA) is 18.5 Å². The van der Waals surface area contributed by atoms with Crippen LogP contribution in [0.3, 0.4) is 0 Å². The van der Waals surface area contributed by atoms with Crippen LogP contribution in [0.2, 0.25) is 13.1 Å². The second-order valence-electron chi connectivity index (χ2n) is 8.53. The van der Waals surface area contributed by atoms with Crippen LogP contribution < -0.4 is 37.7 Å². The minimum atomic E-state index is -0.133. The molecule has 2 nitrogen and oxygen atoms in total. The molecule has 0 radical (unpaired) electrons. The van der Waals surface area contributed by atoms with E-state index in [1.165, 1.54) is 44.5 Å². The van der Waals surface area contributed by atoms with Gasteiger partial charge in [0.2, 0.25) is 0 Å². The molecule has 2 rings (SSSR count). The van der Waals surface area contributed by atoms with Gasteiger partial charge in [0.1, 0.15) is 0 Å². The first-order valence-electron chi connectivity index (χ1n) is 11.4. The molecule has 0 aromatic heterocycles. The van der Waals surface area contributed by atoms with Gasteiger partial charge in [-0.2, -0.15) is 56.6 Å². The summed E-state index contributed by atoms with van der Waals surface area (Å²) in [4.78, 5) is 0. The standard InChI is InChI=1S/2C9H13.2C4H12OSi.2Li/c2*1-6-5-7(2)9(4)8(6)3;2*1-4(2)5-6-3;;/h2*5H,1-4H3;2*4H,6H2,1-3H3;;/q2*-1;;;2*+1. The predicted molar refractivity (Wildman–Crippen MR) is 143 cm³/mol. The normalized spacial score (nSPS) is 10.2. The Morgan fingerprint density at radius 2 is 0.875 bits per heavy atom. The fraction of sp³-hybridized carbons (Fsp3) is 0.615. The third-order valence-electron chi connectivity index (χ3n) is 5.36. The van der Waals surface area contributed by atoms with Crippen LogP contribution in [0.4, 0.5) is 0 Å². The van der Waals surface area contributed by atoms with Crippen LogP contribution in [0.25, 0.3) is 0 Å². The van der Waals surface area contributed by atoms with Gasteiger partial charge in [0.05, 0.1) is 0 Å². The van der Waals surface area contributed by atoms with Gasteiger partial charge in [-0.05, 0) is 27.7 Å². The van der Waals surface area contributed by atoms with E-state index in [1.54, 1.807) is 0 Å². The van der Waals surface area contributed by atoms with Gasteiger partial charge in [-0.15, -0.1) is 0 Å². The van der Waals surface area contributed by atoms with Gasteiger partial charge < -0.3 is 8.85 Å². The SMILES string of the molecule is C[SiH2]OC(C)C.C[SiH2]OC(C)C.Cc1c[c-](C)c(C)c1C.Cc1c[c-](C)c(C)c1C.[Li+].[Li+]. The van der Waals surface area contributed by atoms with Crippen molar-refractivity contribution in [3.8, 4) is 0 Å². The molecule has 0 saturated carbocycles. The molecule has 0 aliphatic heterocycles. The molecule has 0 spiro atoms. The van der Waals surface area contributed by atoms with Gasteiger partial charge in [0.25, 0.3) is 0 Å². The largest absolute Gasteiger partial charge is 1.00 e. The van der Waals surface area contributed by atoms with E-state index in [1.807, 2.05) is 0 Å². The van der Waals surface area contributed by atoms with Gasteiger partial charge in [-0.3, -0.25) is 0 Å². The Kier molecular flexibility index (Phi) is 26.8. The zero-order valence-electron chi connectivity index (χ0n) is 24.5. The molecule has 0 saturated heterocycles. The van der Waals surface area contributed by atoms with Crippen LogP contribution in [-0.4, -0.2) is 31.7 Å². The zero-order valence-corrected chi connectivity index (χ0v) is 27.4. The van der Waals surface area contributed by atoms with Gasteiger partial charge in [0.15, 0.2) is 19.5 Å². The second-order valence-corrected chi connectivity index (χ2v) is 10.4. The van der Waals surface area contributed by atoms with Crippen LogP contribution >= 0.6 is 0 Å². The van der Waals surface area contributed by atoms with E-state index in [9.17, 15) is 0 Å². The van der Waals surface area contributed by atoms with E-state index in [4.69, 9.17) is 8.85 Å². The van der Waals surface area contributed by atoms with Crippen LogP contribution in [0.15, 0.2) is 12.1 Å². The molecule has 0 fully saturated rings. The number of hydrogen-bond donors (Lipinski definition) is 0. The Bertz CT molecular complexity index is 600. The van der Waals surface area contributed by atoms with E-state index in [0.717, 1.165) is 0 Å². The Morgan fingerprint density at radius 1 is 0.625 bits per heavy atom. The Balaban J connectivity index is -0.000000163. The van der Waals surface area contributed by atoms with E-state index >= 15 is 0 Å². The summed E-state index contributed by atoms with van der Waals surface area (Å²) in [5.41, 5.74) is 11.5. The third kappa shape index (κ3) is 17.7. The van der Waals surface area contributed by atoms with Crippen molar-refractivity contribution in [3.05, 3.63) is 56.6 Å². The molecule has 0 bridgehead atoms. The molecule has 0 amide bonds. The summed E-state index contributed by atoms with van der Waals surface area (Å²) in [6.07, 6.45) is 0.920. The van der Waals surface area contributed by atoms with Gasteiger partial charge in [0, 0.05) is 12.2 Å². The van der Waals surface area contributed by atoms with Crippen LogP contribution in [0, 0.1) is 55.4 Å². The maximum atomic E-state index is 5.18. The van der Waals surface area contributed by atoms with Crippen molar-refractivity contribution in [2.75, 3.05) is 0 Å². The summed E-state index contributed by atoms with van der Waals surface area (Å²) < 4.78 is 10.4. The third-order valence-corrected chi connectivity index (χ3v) is 7.36. The van der Waals surface area contributed by atoms with Gasteiger partial charge >= 0.3 is 37.7 Å². The zero-order chi connectivity index (χ0) is 24.0. The summed E-state index contributed by atoms with van der Waals surface area (Å²) in [5, 5.41) is 0. The van der Waals surface area contributed by atoms with Crippen molar-refractivity contribution in [1.29, 1.82) is 0 Å². The quantitative estimate of drug-likeness (QED) is 0.481. The smallest absolute Gasteiger partial charge is 0.422 e. The molecular weight excluding hydrogens is 414 g/mol. The minimum absolute atomic E-state index is 0. The Morgan fingerprint density at radius 3 is 0.906 bits per heavy atom. The maximum absolute atomic E-state index is 5.18. The molecule has 6 heteroatoms. The minimum Gasteiger partial charge on any atom is -0.422 e. The first kappa shape index (κ1) is 39.5. The second kappa shape index (κ2) is 21.8. The average molecular weight is 465 g/mol. The first-order chi connectivity index (χ1) is 13.8. The molecule has 0 N–H and O–H groups in total. The maximum Gasteiger partial charge on any atom is 1.00 e. The van der Waals surface area contributed by atoms with E-state index in [2.05, 4.69) is 108 Å². The monoisotopic (exact) mass is 464 g/mol. The molecule has 0 unspecified atom stereocenters. The summed E-state index contributed by atoms with van der Waals surface area (Å²) in [5.74, 6) is 0. The molecule has 32 heavy (non-hydrogen) atoms. The summed E-state index contributed by atoms with van der Waals surface area (Å²) >= 11 is 0. The molecule has 2 aromatic rings. The summed E-state index contributed by atoms with van der Waals surface area (Å²) in [6.45, 7) is 29.9. The molecule has 0 atom stereocenters. The summed E-state index contributed by atoms with van der Waals surface area (Å²) in [7, 11) is -0.267. The summed E-state index contributed by atoms with van der Waals surface area (Å²) in [6, 6.07) is 4.48. The van der Waals surface area contributed by atoms with Crippen molar-refractivity contribution in [2.24, 2.45) is 0 Å². The number of rotatable bonds is 4. The van der Waals surface area contributed by atoms with Crippen LogP contribution in [0.1, 0.15) is 72.2 Å². The van der Waals surface area contributed by atoms with Crippen molar-refractivity contribution < 1.29 is 46.6 Å². The Labute approximate surface area is 230 Å². The number of aryl methyl sites for hydroxylation is 4. The van der Waals surface area contributed by atoms with Crippen molar-refractivity contribution in [2.45, 2.75) is 108 Å². The molecule has 0 aliphatic rings. The number of hydrogen-bond acceptors (Lipinski definition) is 2. The van der Waals surface area contributed by atoms with Crippen molar-refractivity contribution >= 4 is 19.5 Å². The van der Waals surface area contributed by atoms with Crippen LogP contribution in [0.5, 0.6) is 0 Å². The molecule has 0 heterocycles. The first-order valence-corrected chi connectivity index (χ1v) is 15.4. The van der Waals surface area contributed by atoms with E-state index < -0.39 is 0 Å². The molecular formula is C26H50Li2O2Si2. The van der Waals surface area contributed by atoms with E-state index in [0.29, 0.717) is 12.2 Å². The van der Waals surface area contributed by atoms with Crippen LogP contribution in [-0.2, 0) is 8.85 Å². The fourth-order valence-electron chi connectivity index (χ4n) is 2.93. The van der Waals surface area contributed by atoms with Crippen molar-refractivity contribution in [3.63, 3.8) is 0 Å². The van der Waals surface area contributed by atoms with E-state index in [-0.39, 0.29) is 57.2 Å². The van der Waals surface area contributed by atoms with Crippen molar-refractivity contribution in [1.82, 2.24) is 0 Å². The molecule has 176 valence electrons. The van der Waals surface area contributed by atoms with Gasteiger partial charge in [-0.1, -0.05) is 68.5 Å². The van der Waals surface area contributed by atoms with Gasteiger partial charge in [-0.25, -0.2) is 0 Å². The molecule has 0 aliphatic carbocycles.